The summed E-state index contributed by atoms with van der Waals surface area (Å²) in [7, 11) is 1.58. The van der Waals surface area contributed by atoms with Gasteiger partial charge in [-0.1, -0.05) is 33.6 Å². The van der Waals surface area contributed by atoms with Crippen LogP contribution in [-0.2, 0) is 0 Å². The Morgan fingerprint density at radius 2 is 2.04 bits per heavy atom. The molecule has 0 heterocycles. The summed E-state index contributed by atoms with van der Waals surface area (Å²) in [5.74, 6) is 1.12. The zero-order valence-electron chi connectivity index (χ0n) is 13.1. The van der Waals surface area contributed by atoms with Gasteiger partial charge in [0.2, 0.25) is 0 Å². The van der Waals surface area contributed by atoms with Gasteiger partial charge in [0, 0.05) is 4.47 Å². The zero-order valence-corrected chi connectivity index (χ0v) is 15.5. The van der Waals surface area contributed by atoms with Crippen molar-refractivity contribution in [3.05, 3.63) is 51.5 Å². The maximum absolute atomic E-state index is 6.28. The second-order valence-electron chi connectivity index (χ2n) is 5.08. The highest BCUT2D eigenvalue weighted by atomic mass is 79.9. The van der Waals surface area contributed by atoms with Gasteiger partial charge in [0.25, 0.3) is 0 Å². The first-order valence-corrected chi connectivity index (χ1v) is 8.25. The lowest BCUT2D eigenvalue weighted by molar-refractivity contribution is 0.230. The standard InChI is InChI=1S/C17H18BrClN2O2/c1-11(2)23-17-15(19)7-12(8-16(17)22-3)10-20-21-14-6-4-5-13(18)9-14/h4-11,21H,1-3H3. The molecule has 0 unspecified atom stereocenters. The van der Waals surface area contributed by atoms with Crippen LogP contribution in [0, 0.1) is 0 Å². The molecule has 0 spiro atoms. The van der Waals surface area contributed by atoms with Gasteiger partial charge in [-0.05, 0) is 49.7 Å². The SMILES string of the molecule is COc1cc(C=NNc2cccc(Br)c2)cc(Cl)c1OC(C)C. The molecule has 2 rings (SSSR count). The predicted molar refractivity (Wildman–Crippen MR) is 99.1 cm³/mol. The molecule has 2 aromatic rings. The van der Waals surface area contributed by atoms with Gasteiger partial charge >= 0.3 is 0 Å². The number of hydrogen-bond donors (Lipinski definition) is 1. The molecule has 2 aromatic carbocycles. The van der Waals surface area contributed by atoms with Gasteiger partial charge in [-0.2, -0.15) is 5.10 Å². The minimum Gasteiger partial charge on any atom is -0.493 e. The summed E-state index contributed by atoms with van der Waals surface area (Å²) in [6, 6.07) is 11.4. The topological polar surface area (TPSA) is 42.8 Å². The molecular formula is C17H18BrClN2O2. The Bertz CT molecular complexity index is 705. The van der Waals surface area contributed by atoms with Gasteiger partial charge in [0.15, 0.2) is 11.5 Å². The number of hydrazone groups is 1. The Labute approximate surface area is 149 Å². The van der Waals surface area contributed by atoms with E-state index in [0.717, 1.165) is 15.7 Å². The summed E-state index contributed by atoms with van der Waals surface area (Å²) in [4.78, 5) is 0. The first kappa shape index (κ1) is 17.6. The average molecular weight is 398 g/mol. The number of nitrogens with one attached hydrogen (secondary N) is 1. The van der Waals surface area contributed by atoms with Crippen molar-refractivity contribution in [1.82, 2.24) is 0 Å². The van der Waals surface area contributed by atoms with Gasteiger partial charge in [-0.3, -0.25) is 5.43 Å². The highest BCUT2D eigenvalue weighted by Crippen LogP contribution is 2.36. The van der Waals surface area contributed by atoms with E-state index >= 15 is 0 Å². The van der Waals surface area contributed by atoms with Crippen LogP contribution < -0.4 is 14.9 Å². The van der Waals surface area contributed by atoms with Crippen LogP contribution in [0.25, 0.3) is 0 Å². The molecule has 0 amide bonds. The first-order chi connectivity index (χ1) is 11.0. The van der Waals surface area contributed by atoms with E-state index in [4.69, 9.17) is 21.1 Å². The summed E-state index contributed by atoms with van der Waals surface area (Å²) < 4.78 is 12.0. The van der Waals surface area contributed by atoms with Gasteiger partial charge in [0.05, 0.1) is 30.1 Å². The molecule has 0 radical (unpaired) electrons. The fraction of sp³-hybridized carbons (Fsp3) is 0.235. The Balaban J connectivity index is 2.16. The van der Waals surface area contributed by atoms with Crippen LogP contribution in [0.15, 0.2) is 46.0 Å². The second kappa shape index (κ2) is 8.22. The lowest BCUT2D eigenvalue weighted by atomic mass is 10.2. The Kier molecular flexibility index (Phi) is 6.30. The number of ether oxygens (including phenoxy) is 2. The first-order valence-electron chi connectivity index (χ1n) is 7.08. The molecule has 0 aliphatic carbocycles. The summed E-state index contributed by atoms with van der Waals surface area (Å²) in [6.45, 7) is 3.88. The minimum absolute atomic E-state index is 0.0131. The highest BCUT2D eigenvalue weighted by molar-refractivity contribution is 9.10. The molecule has 0 aromatic heterocycles. The van der Waals surface area contributed by atoms with Crippen molar-refractivity contribution in [3.8, 4) is 11.5 Å². The van der Waals surface area contributed by atoms with Crippen LogP contribution in [0.2, 0.25) is 5.02 Å². The average Bonchev–Trinajstić information content (AvgIpc) is 2.49. The molecule has 0 fully saturated rings. The van der Waals surface area contributed by atoms with Gasteiger partial charge in [0.1, 0.15) is 0 Å². The number of methoxy groups -OCH3 is 1. The molecule has 23 heavy (non-hydrogen) atoms. The molecule has 6 heteroatoms. The molecule has 0 aliphatic rings. The normalized spacial score (nSPS) is 11.0. The van der Waals surface area contributed by atoms with Gasteiger partial charge < -0.3 is 9.47 Å². The van der Waals surface area contributed by atoms with Crippen LogP contribution in [-0.4, -0.2) is 19.4 Å². The van der Waals surface area contributed by atoms with Crippen molar-refractivity contribution < 1.29 is 9.47 Å². The molecule has 0 saturated heterocycles. The molecule has 0 aliphatic heterocycles. The highest BCUT2D eigenvalue weighted by Gasteiger charge is 2.12. The van der Waals surface area contributed by atoms with Crippen LogP contribution in [0.4, 0.5) is 5.69 Å². The van der Waals surface area contributed by atoms with Crippen molar-refractivity contribution in [2.45, 2.75) is 20.0 Å². The van der Waals surface area contributed by atoms with Crippen molar-refractivity contribution >= 4 is 39.4 Å². The lowest BCUT2D eigenvalue weighted by Crippen LogP contribution is -2.07. The molecule has 1 N–H and O–H groups in total. The minimum atomic E-state index is 0.0131. The van der Waals surface area contributed by atoms with Crippen LogP contribution >= 0.6 is 27.5 Å². The Hall–Kier alpha value is -1.72. The Morgan fingerprint density at radius 3 is 2.70 bits per heavy atom. The van der Waals surface area contributed by atoms with Crippen LogP contribution in [0.5, 0.6) is 11.5 Å². The quantitative estimate of drug-likeness (QED) is 0.528. The van der Waals surface area contributed by atoms with Crippen molar-refractivity contribution in [2.24, 2.45) is 5.10 Å². The number of rotatable bonds is 6. The van der Waals surface area contributed by atoms with Gasteiger partial charge in [-0.25, -0.2) is 0 Å². The van der Waals surface area contributed by atoms with Crippen molar-refractivity contribution in [1.29, 1.82) is 0 Å². The smallest absolute Gasteiger partial charge is 0.180 e. The number of halogens is 2. The summed E-state index contributed by atoms with van der Waals surface area (Å²) in [6.07, 6.45) is 1.69. The maximum Gasteiger partial charge on any atom is 0.180 e. The largest absolute Gasteiger partial charge is 0.493 e. The fourth-order valence-corrected chi connectivity index (χ4v) is 2.57. The van der Waals surface area contributed by atoms with E-state index in [-0.39, 0.29) is 6.10 Å². The van der Waals surface area contributed by atoms with Crippen LogP contribution in [0.3, 0.4) is 0 Å². The molecule has 0 atom stereocenters. The summed E-state index contributed by atoms with van der Waals surface area (Å²) >= 11 is 9.70. The van der Waals surface area contributed by atoms with E-state index in [1.165, 1.54) is 0 Å². The van der Waals surface area contributed by atoms with E-state index in [0.29, 0.717) is 16.5 Å². The van der Waals surface area contributed by atoms with Crippen LogP contribution in [0.1, 0.15) is 19.4 Å². The Morgan fingerprint density at radius 1 is 1.26 bits per heavy atom. The molecule has 0 bridgehead atoms. The molecule has 0 saturated carbocycles. The zero-order chi connectivity index (χ0) is 16.8. The van der Waals surface area contributed by atoms with E-state index in [2.05, 4.69) is 26.5 Å². The third-order valence-corrected chi connectivity index (χ3v) is 3.61. The number of nitrogens with zero attached hydrogens (tertiary/aromatic N) is 1. The lowest BCUT2D eigenvalue weighted by Gasteiger charge is -2.15. The second-order valence-corrected chi connectivity index (χ2v) is 6.40. The number of benzene rings is 2. The third kappa shape index (κ3) is 5.15. The fourth-order valence-electron chi connectivity index (χ4n) is 1.90. The van der Waals surface area contributed by atoms with E-state index in [1.54, 1.807) is 19.4 Å². The van der Waals surface area contributed by atoms with Crippen molar-refractivity contribution in [2.75, 3.05) is 12.5 Å². The monoisotopic (exact) mass is 396 g/mol. The number of anilines is 1. The van der Waals surface area contributed by atoms with Crippen molar-refractivity contribution in [3.63, 3.8) is 0 Å². The number of hydrogen-bond acceptors (Lipinski definition) is 4. The van der Waals surface area contributed by atoms with E-state index in [1.807, 2.05) is 44.2 Å². The third-order valence-electron chi connectivity index (χ3n) is 2.84. The van der Waals surface area contributed by atoms with E-state index < -0.39 is 0 Å². The van der Waals surface area contributed by atoms with Gasteiger partial charge in [-0.15, -0.1) is 0 Å². The molecule has 4 nitrogen and oxygen atoms in total. The predicted octanol–water partition coefficient (Wildman–Crippen LogP) is 5.34. The summed E-state index contributed by atoms with van der Waals surface area (Å²) in [5.41, 5.74) is 4.66. The van der Waals surface area contributed by atoms with E-state index in [9.17, 15) is 0 Å². The molecule has 122 valence electrons. The maximum atomic E-state index is 6.28. The molecular weight excluding hydrogens is 380 g/mol. The summed E-state index contributed by atoms with van der Waals surface area (Å²) in [5, 5.41) is 4.70.